The number of aromatic nitrogens is 2. The number of hydrogen-bond donors (Lipinski definition) is 0. The van der Waals surface area contributed by atoms with E-state index in [1.54, 1.807) is 0 Å². The topological polar surface area (TPSA) is 71.0 Å². The summed E-state index contributed by atoms with van der Waals surface area (Å²) in [6.07, 6.45) is 1.43. The van der Waals surface area contributed by atoms with Gasteiger partial charge in [-0.15, -0.1) is 0 Å². The van der Waals surface area contributed by atoms with Gasteiger partial charge in [0.25, 0.3) is 5.91 Å². The zero-order valence-corrected chi connectivity index (χ0v) is 24.1. The Labute approximate surface area is 244 Å². The normalized spacial score (nSPS) is 19.3. The number of amides is 1. The highest BCUT2D eigenvalue weighted by molar-refractivity contribution is 7.98. The van der Waals surface area contributed by atoms with E-state index in [0.29, 0.717) is 60.8 Å². The van der Waals surface area contributed by atoms with Crippen LogP contribution in [0.1, 0.15) is 34.3 Å². The molecule has 10 heteroatoms. The first-order valence-electron chi connectivity index (χ1n) is 13.9. The fourth-order valence-electron chi connectivity index (χ4n) is 5.55. The van der Waals surface area contributed by atoms with Gasteiger partial charge in [0.05, 0.1) is 13.2 Å². The van der Waals surface area contributed by atoms with Gasteiger partial charge in [-0.05, 0) is 23.3 Å². The highest BCUT2D eigenvalue weighted by Crippen LogP contribution is 2.32. The van der Waals surface area contributed by atoms with Crippen molar-refractivity contribution in [3.63, 3.8) is 0 Å². The van der Waals surface area contributed by atoms with Crippen LogP contribution in [0.3, 0.4) is 0 Å². The van der Waals surface area contributed by atoms with Crippen LogP contribution >= 0.6 is 23.4 Å². The molecule has 1 amide bonds. The number of anilines is 1. The van der Waals surface area contributed by atoms with Gasteiger partial charge in [-0.3, -0.25) is 9.69 Å². The molecular weight excluding hydrogens is 546 g/mol. The molecule has 0 saturated carbocycles. The maximum Gasteiger partial charge on any atom is 0.253 e. The molecule has 8 nitrogen and oxygen atoms in total. The van der Waals surface area contributed by atoms with Crippen LogP contribution in [0.5, 0.6) is 0 Å². The first-order valence-corrected chi connectivity index (χ1v) is 15.3. The van der Waals surface area contributed by atoms with Crippen molar-refractivity contribution in [2.24, 2.45) is 0 Å². The van der Waals surface area contributed by atoms with Gasteiger partial charge in [-0.25, -0.2) is 9.97 Å². The van der Waals surface area contributed by atoms with E-state index >= 15 is 0 Å². The van der Waals surface area contributed by atoms with Crippen molar-refractivity contribution in [2.75, 3.05) is 57.4 Å². The highest BCUT2D eigenvalue weighted by Gasteiger charge is 2.40. The summed E-state index contributed by atoms with van der Waals surface area (Å²) in [5.74, 6) is 1.08. The van der Waals surface area contributed by atoms with Crippen molar-refractivity contribution >= 4 is 35.1 Å². The minimum Gasteiger partial charge on any atom is -0.354 e. The van der Waals surface area contributed by atoms with E-state index in [9.17, 15) is 4.79 Å². The van der Waals surface area contributed by atoms with Crippen molar-refractivity contribution in [1.82, 2.24) is 19.8 Å². The summed E-state index contributed by atoms with van der Waals surface area (Å²) in [4.78, 5) is 29.1. The molecule has 0 unspecified atom stereocenters. The van der Waals surface area contributed by atoms with Crippen molar-refractivity contribution in [3.8, 4) is 0 Å². The Balaban J connectivity index is 1.03. The molecule has 1 spiro atoms. The second-order valence-electron chi connectivity index (χ2n) is 10.5. The van der Waals surface area contributed by atoms with Crippen LogP contribution in [0, 0.1) is 0 Å². The second kappa shape index (κ2) is 12.4. The number of benzene rings is 2. The summed E-state index contributed by atoms with van der Waals surface area (Å²) in [7, 11) is 0. The van der Waals surface area contributed by atoms with Gasteiger partial charge in [0.15, 0.2) is 10.9 Å². The summed E-state index contributed by atoms with van der Waals surface area (Å²) < 4.78 is 11.6. The van der Waals surface area contributed by atoms with Gasteiger partial charge >= 0.3 is 0 Å². The molecule has 3 saturated heterocycles. The third-order valence-electron chi connectivity index (χ3n) is 7.77. The van der Waals surface area contributed by atoms with Crippen molar-refractivity contribution in [3.05, 3.63) is 82.5 Å². The Hall–Kier alpha value is -2.69. The number of halogens is 1. The molecule has 0 aliphatic carbocycles. The lowest BCUT2D eigenvalue weighted by atomic mass is 10.0. The van der Waals surface area contributed by atoms with Gasteiger partial charge in [0, 0.05) is 76.0 Å². The molecule has 2 aromatic carbocycles. The Bertz CT molecular complexity index is 1310. The van der Waals surface area contributed by atoms with Crippen LogP contribution in [0.4, 0.5) is 5.82 Å². The molecule has 0 N–H and O–H groups in total. The number of hydrogen-bond acceptors (Lipinski definition) is 8. The molecule has 3 aliphatic heterocycles. The molecule has 3 aliphatic rings. The number of piperazine rings is 1. The molecule has 6 rings (SSSR count). The maximum absolute atomic E-state index is 13.2. The molecule has 40 heavy (non-hydrogen) atoms. The third kappa shape index (κ3) is 6.61. The lowest BCUT2D eigenvalue weighted by molar-refractivity contribution is -0.181. The van der Waals surface area contributed by atoms with Gasteiger partial charge in [-0.2, -0.15) is 0 Å². The van der Waals surface area contributed by atoms with Crippen molar-refractivity contribution in [1.29, 1.82) is 0 Å². The number of carbonyl (C=O) groups excluding carboxylic acids is 1. The number of nitrogens with zero attached hydrogens (tertiary/aromatic N) is 5. The van der Waals surface area contributed by atoms with Crippen LogP contribution < -0.4 is 4.90 Å². The van der Waals surface area contributed by atoms with E-state index in [1.807, 2.05) is 35.2 Å². The predicted octanol–water partition coefficient (Wildman–Crippen LogP) is 4.72. The summed E-state index contributed by atoms with van der Waals surface area (Å²) >= 11 is 7.95. The summed E-state index contributed by atoms with van der Waals surface area (Å²) in [5.41, 5.74) is 3.08. The van der Waals surface area contributed by atoms with E-state index in [0.717, 1.165) is 44.1 Å². The minimum absolute atomic E-state index is 0.0485. The Morgan fingerprint density at radius 1 is 0.875 bits per heavy atom. The van der Waals surface area contributed by atoms with Crippen molar-refractivity contribution < 1.29 is 14.3 Å². The number of ether oxygens (including phenoxy) is 2. The minimum atomic E-state index is -0.485. The molecular formula is C30H34ClN5O3S. The Kier molecular flexibility index (Phi) is 8.55. The first-order chi connectivity index (χ1) is 19.6. The Morgan fingerprint density at radius 3 is 2.35 bits per heavy atom. The Morgan fingerprint density at radius 2 is 1.60 bits per heavy atom. The van der Waals surface area contributed by atoms with E-state index in [2.05, 4.69) is 45.1 Å². The largest absolute Gasteiger partial charge is 0.354 e. The van der Waals surface area contributed by atoms with Crippen LogP contribution in [-0.2, 0) is 21.8 Å². The predicted molar refractivity (Wildman–Crippen MR) is 157 cm³/mol. The lowest BCUT2D eigenvalue weighted by Crippen LogP contribution is -2.47. The summed E-state index contributed by atoms with van der Waals surface area (Å²) in [6, 6.07) is 20.3. The third-order valence-corrected chi connectivity index (χ3v) is 8.89. The van der Waals surface area contributed by atoms with E-state index < -0.39 is 5.79 Å². The van der Waals surface area contributed by atoms with Crippen LogP contribution in [0.2, 0.25) is 5.15 Å². The highest BCUT2D eigenvalue weighted by atomic mass is 35.5. The van der Waals surface area contributed by atoms with Gasteiger partial charge in [-0.1, -0.05) is 65.8 Å². The molecule has 4 heterocycles. The van der Waals surface area contributed by atoms with Crippen LogP contribution in [0.15, 0.2) is 65.8 Å². The quantitative estimate of drug-likeness (QED) is 0.226. The van der Waals surface area contributed by atoms with Gasteiger partial charge in [0.2, 0.25) is 0 Å². The van der Waals surface area contributed by atoms with E-state index in [1.165, 1.54) is 17.3 Å². The average molecular weight is 580 g/mol. The monoisotopic (exact) mass is 579 g/mol. The molecule has 0 bridgehead atoms. The molecule has 1 aromatic heterocycles. The first kappa shape index (κ1) is 27.5. The average Bonchev–Trinajstić information content (AvgIpc) is 3.44. The van der Waals surface area contributed by atoms with Crippen LogP contribution in [0.25, 0.3) is 0 Å². The van der Waals surface area contributed by atoms with E-state index in [4.69, 9.17) is 26.1 Å². The number of carbonyl (C=O) groups is 1. The zero-order chi connectivity index (χ0) is 27.4. The fraction of sp³-hybridized carbons (Fsp3) is 0.433. The number of piperidine rings is 1. The lowest BCUT2D eigenvalue weighted by Gasteiger charge is -2.37. The maximum atomic E-state index is 13.2. The van der Waals surface area contributed by atoms with Crippen LogP contribution in [-0.4, -0.2) is 83.9 Å². The van der Waals surface area contributed by atoms with Crippen molar-refractivity contribution in [2.45, 2.75) is 36.1 Å². The molecule has 3 fully saturated rings. The van der Waals surface area contributed by atoms with E-state index in [-0.39, 0.29) is 5.91 Å². The number of rotatable bonds is 7. The second-order valence-corrected chi connectivity index (χ2v) is 11.8. The molecule has 210 valence electrons. The molecule has 0 radical (unpaired) electrons. The molecule has 0 atom stereocenters. The number of likely N-dealkylation sites (tertiary alicyclic amines) is 1. The SMILES string of the molecule is O=C(c1cccc(CSc2nc(Cl)cc(N3CCN(Cc4ccccc4)CC3)n2)c1)N1CCC2(CC1)OCCO2. The summed E-state index contributed by atoms with van der Waals surface area (Å²) in [5, 5.41) is 1.09. The number of thioether (sulfide) groups is 1. The summed E-state index contributed by atoms with van der Waals surface area (Å²) in [6.45, 7) is 7.23. The molecule has 3 aromatic rings. The fourth-order valence-corrected chi connectivity index (χ4v) is 6.57. The smallest absolute Gasteiger partial charge is 0.253 e. The zero-order valence-electron chi connectivity index (χ0n) is 22.5. The standard InChI is InChI=1S/C30H34ClN5O3S/c31-26-20-27(35-15-13-34(14-16-35)21-23-5-2-1-3-6-23)33-29(32-26)40-22-24-7-4-8-25(19-24)28(37)36-11-9-30(10-12-36)38-17-18-39-30/h1-8,19-20H,9-18,21-22H2. The van der Waals surface area contributed by atoms with Gasteiger partial charge < -0.3 is 19.3 Å². The van der Waals surface area contributed by atoms with Gasteiger partial charge in [0.1, 0.15) is 11.0 Å².